The number of halogens is 2. The first kappa shape index (κ1) is 15.7. The molecule has 0 spiro atoms. The Morgan fingerprint density at radius 2 is 2.23 bits per heavy atom. The predicted molar refractivity (Wildman–Crippen MR) is 96.0 cm³/mol. The van der Waals surface area contributed by atoms with E-state index in [2.05, 4.69) is 43.5 Å². The topological polar surface area (TPSA) is 42.4 Å². The van der Waals surface area contributed by atoms with Gasteiger partial charge < -0.3 is 9.64 Å². The molecule has 6 heteroatoms. The molecule has 114 valence electrons. The molecule has 1 aromatic carbocycles. The van der Waals surface area contributed by atoms with Crippen LogP contribution in [-0.4, -0.2) is 35.0 Å². The number of likely N-dealkylation sites (tertiary alicyclic amines) is 1. The smallest absolute Gasteiger partial charge is 0.254 e. The Morgan fingerprint density at radius 3 is 2.95 bits per heavy atom. The zero-order valence-corrected chi connectivity index (χ0v) is 15.5. The fourth-order valence-corrected chi connectivity index (χ4v) is 3.19. The summed E-state index contributed by atoms with van der Waals surface area (Å²) in [5, 5.41) is 0. The van der Waals surface area contributed by atoms with Crippen LogP contribution in [0.1, 0.15) is 16.8 Å². The molecule has 0 saturated carbocycles. The maximum absolute atomic E-state index is 12.5. The molecule has 1 aliphatic rings. The van der Waals surface area contributed by atoms with Crippen LogP contribution < -0.4 is 4.74 Å². The Balaban J connectivity index is 1.62. The molecular formula is C16H14BrIN2O2. The fourth-order valence-electron chi connectivity index (χ4n) is 2.42. The summed E-state index contributed by atoms with van der Waals surface area (Å²) in [5.41, 5.74) is 0.731. The van der Waals surface area contributed by atoms with E-state index in [0.29, 0.717) is 19.0 Å². The van der Waals surface area contributed by atoms with E-state index in [-0.39, 0.29) is 12.0 Å². The lowest BCUT2D eigenvalue weighted by molar-refractivity contribution is 0.0771. The molecule has 3 rings (SSSR count). The van der Waals surface area contributed by atoms with Gasteiger partial charge in [-0.1, -0.05) is 6.07 Å². The molecule has 22 heavy (non-hydrogen) atoms. The monoisotopic (exact) mass is 472 g/mol. The molecule has 0 bridgehead atoms. The van der Waals surface area contributed by atoms with E-state index >= 15 is 0 Å². The minimum atomic E-state index is 0.000379. The molecule has 1 saturated heterocycles. The van der Waals surface area contributed by atoms with E-state index in [9.17, 15) is 4.79 Å². The highest BCUT2D eigenvalue weighted by Gasteiger charge is 2.28. The average molecular weight is 473 g/mol. The highest BCUT2D eigenvalue weighted by molar-refractivity contribution is 14.1. The molecule has 2 heterocycles. The lowest BCUT2D eigenvalue weighted by Gasteiger charge is -2.17. The van der Waals surface area contributed by atoms with Gasteiger partial charge in [0.25, 0.3) is 5.91 Å². The average Bonchev–Trinajstić information content (AvgIpc) is 2.97. The van der Waals surface area contributed by atoms with Crippen molar-refractivity contribution in [2.75, 3.05) is 13.1 Å². The number of aromatic nitrogens is 1. The van der Waals surface area contributed by atoms with Gasteiger partial charge in [0.2, 0.25) is 5.88 Å². The summed E-state index contributed by atoms with van der Waals surface area (Å²) in [6.45, 7) is 1.31. The molecule has 4 nitrogen and oxygen atoms in total. The number of hydrogen-bond donors (Lipinski definition) is 0. The van der Waals surface area contributed by atoms with Gasteiger partial charge in [-0.25, -0.2) is 4.98 Å². The third-order valence-corrected chi connectivity index (χ3v) is 4.63. The van der Waals surface area contributed by atoms with Crippen LogP contribution in [0.15, 0.2) is 47.1 Å². The zero-order chi connectivity index (χ0) is 15.5. The third-order valence-electron chi connectivity index (χ3n) is 3.49. The van der Waals surface area contributed by atoms with Crippen molar-refractivity contribution in [3.63, 3.8) is 0 Å². The first-order valence-electron chi connectivity index (χ1n) is 6.95. The number of pyridine rings is 1. The molecule has 2 aromatic rings. The van der Waals surface area contributed by atoms with Gasteiger partial charge >= 0.3 is 0 Å². The van der Waals surface area contributed by atoms with Gasteiger partial charge in [-0.3, -0.25) is 4.79 Å². The van der Waals surface area contributed by atoms with Crippen LogP contribution in [0.2, 0.25) is 0 Å². The molecule has 1 amide bonds. The van der Waals surface area contributed by atoms with E-state index < -0.39 is 0 Å². The van der Waals surface area contributed by atoms with Gasteiger partial charge in [0.15, 0.2) is 0 Å². The van der Waals surface area contributed by atoms with Crippen LogP contribution in [-0.2, 0) is 0 Å². The van der Waals surface area contributed by atoms with Crippen LogP contribution >= 0.6 is 38.5 Å². The maximum atomic E-state index is 12.5. The van der Waals surface area contributed by atoms with E-state index in [1.165, 1.54) is 0 Å². The van der Waals surface area contributed by atoms with Crippen molar-refractivity contribution in [2.24, 2.45) is 0 Å². The van der Waals surface area contributed by atoms with Crippen LogP contribution in [0.4, 0.5) is 0 Å². The van der Waals surface area contributed by atoms with Crippen LogP contribution in [0.5, 0.6) is 5.88 Å². The molecular weight excluding hydrogens is 459 g/mol. The number of ether oxygens (including phenoxy) is 1. The third kappa shape index (κ3) is 3.78. The van der Waals surface area contributed by atoms with Crippen molar-refractivity contribution in [3.05, 3.63) is 56.2 Å². The van der Waals surface area contributed by atoms with Crippen molar-refractivity contribution in [3.8, 4) is 5.88 Å². The molecule has 1 unspecified atom stereocenters. The number of amides is 1. The molecule has 0 N–H and O–H groups in total. The first-order valence-corrected chi connectivity index (χ1v) is 8.82. The Morgan fingerprint density at radius 1 is 1.36 bits per heavy atom. The van der Waals surface area contributed by atoms with Crippen molar-refractivity contribution in [2.45, 2.75) is 12.5 Å². The van der Waals surface area contributed by atoms with E-state index in [1.54, 1.807) is 6.20 Å². The number of nitrogens with zero attached hydrogens (tertiary/aromatic N) is 2. The summed E-state index contributed by atoms with van der Waals surface area (Å²) in [6, 6.07) is 11.4. The maximum Gasteiger partial charge on any atom is 0.254 e. The van der Waals surface area contributed by atoms with Gasteiger partial charge in [0.05, 0.1) is 6.54 Å². The van der Waals surface area contributed by atoms with Crippen molar-refractivity contribution in [1.29, 1.82) is 0 Å². The Kier molecular flexibility index (Phi) is 4.97. The van der Waals surface area contributed by atoms with Crippen LogP contribution in [0, 0.1) is 3.57 Å². The second-order valence-electron chi connectivity index (χ2n) is 5.10. The van der Waals surface area contributed by atoms with Gasteiger partial charge in [0, 0.05) is 38.8 Å². The Bertz CT molecular complexity index is 678. The number of carbonyl (C=O) groups is 1. The Hall–Kier alpha value is -1.15. The summed E-state index contributed by atoms with van der Waals surface area (Å²) < 4.78 is 7.83. The lowest BCUT2D eigenvalue weighted by Crippen LogP contribution is -2.31. The van der Waals surface area contributed by atoms with Crippen LogP contribution in [0.25, 0.3) is 0 Å². The lowest BCUT2D eigenvalue weighted by atomic mass is 10.2. The summed E-state index contributed by atoms with van der Waals surface area (Å²) in [6.07, 6.45) is 2.53. The fraction of sp³-hybridized carbons (Fsp3) is 0.250. The molecule has 1 aromatic heterocycles. The summed E-state index contributed by atoms with van der Waals surface area (Å²) >= 11 is 5.56. The second kappa shape index (κ2) is 6.95. The molecule has 1 fully saturated rings. The van der Waals surface area contributed by atoms with Gasteiger partial charge in [-0.05, 0) is 62.8 Å². The van der Waals surface area contributed by atoms with E-state index in [1.807, 2.05) is 41.3 Å². The van der Waals surface area contributed by atoms with Crippen molar-refractivity contribution >= 4 is 44.4 Å². The van der Waals surface area contributed by atoms with Crippen molar-refractivity contribution < 1.29 is 9.53 Å². The highest BCUT2D eigenvalue weighted by atomic mass is 127. The van der Waals surface area contributed by atoms with E-state index in [0.717, 1.165) is 20.0 Å². The Labute approximate surface area is 151 Å². The minimum Gasteiger partial charge on any atom is -0.472 e. The van der Waals surface area contributed by atoms with Crippen molar-refractivity contribution in [1.82, 2.24) is 9.88 Å². The van der Waals surface area contributed by atoms with Crippen LogP contribution in [0.3, 0.4) is 0 Å². The standard InChI is InChI=1S/C16H14BrIN2O2/c17-12-4-5-15(19-9-12)22-14-6-7-20(10-14)16(21)11-2-1-3-13(18)8-11/h1-5,8-9,14H,6-7,10H2. The first-order chi connectivity index (χ1) is 10.6. The summed E-state index contributed by atoms with van der Waals surface area (Å²) in [7, 11) is 0. The van der Waals surface area contributed by atoms with Gasteiger partial charge in [0.1, 0.15) is 6.10 Å². The zero-order valence-electron chi connectivity index (χ0n) is 11.7. The number of hydrogen-bond acceptors (Lipinski definition) is 3. The highest BCUT2D eigenvalue weighted by Crippen LogP contribution is 2.20. The second-order valence-corrected chi connectivity index (χ2v) is 7.27. The predicted octanol–water partition coefficient (Wildman–Crippen LogP) is 3.74. The number of rotatable bonds is 3. The van der Waals surface area contributed by atoms with E-state index in [4.69, 9.17) is 4.74 Å². The SMILES string of the molecule is O=C(c1cccc(I)c1)N1CCC(Oc2ccc(Br)cn2)C1. The largest absolute Gasteiger partial charge is 0.472 e. The quantitative estimate of drug-likeness (QED) is 0.639. The molecule has 1 aliphatic heterocycles. The number of carbonyl (C=O) groups excluding carboxylic acids is 1. The minimum absolute atomic E-state index is 0.000379. The molecule has 0 radical (unpaired) electrons. The summed E-state index contributed by atoms with van der Waals surface area (Å²) in [5.74, 6) is 0.658. The number of benzene rings is 1. The summed E-state index contributed by atoms with van der Waals surface area (Å²) in [4.78, 5) is 18.5. The van der Waals surface area contributed by atoms with Gasteiger partial charge in [-0.2, -0.15) is 0 Å². The normalized spacial score (nSPS) is 17.5. The van der Waals surface area contributed by atoms with Gasteiger partial charge in [-0.15, -0.1) is 0 Å². The molecule has 0 aliphatic carbocycles. The molecule has 1 atom stereocenters.